The van der Waals surface area contributed by atoms with Crippen molar-refractivity contribution in [1.29, 1.82) is 0 Å². The summed E-state index contributed by atoms with van der Waals surface area (Å²) in [5, 5.41) is 3.91. The number of ether oxygens (including phenoxy) is 1. The Hall–Kier alpha value is -3.12. The number of nitrogens with zero attached hydrogens (tertiary/aromatic N) is 1. The molecule has 0 atom stereocenters. The summed E-state index contributed by atoms with van der Waals surface area (Å²) >= 11 is 0. The van der Waals surface area contributed by atoms with Gasteiger partial charge in [-0.15, -0.1) is 0 Å². The fourth-order valence-corrected chi connectivity index (χ4v) is 3.83. The lowest BCUT2D eigenvalue weighted by atomic mass is 9.95. The van der Waals surface area contributed by atoms with Gasteiger partial charge in [0.25, 0.3) is 0 Å². The maximum Gasteiger partial charge on any atom is 0.336 e. The maximum absolute atomic E-state index is 12.5. The van der Waals surface area contributed by atoms with E-state index in [1.165, 1.54) is 0 Å². The van der Waals surface area contributed by atoms with Gasteiger partial charge in [0.2, 0.25) is 5.91 Å². The monoisotopic (exact) mass is 392 g/mol. The second kappa shape index (κ2) is 8.49. The molecule has 1 fully saturated rings. The number of benzene rings is 2. The van der Waals surface area contributed by atoms with Crippen molar-refractivity contribution in [3.8, 4) is 5.75 Å². The van der Waals surface area contributed by atoms with Crippen LogP contribution in [0.1, 0.15) is 18.4 Å². The van der Waals surface area contributed by atoms with Crippen molar-refractivity contribution in [3.05, 3.63) is 70.6 Å². The average molecular weight is 392 g/mol. The zero-order valence-electron chi connectivity index (χ0n) is 16.4. The molecular formula is C23H24N2O4. The van der Waals surface area contributed by atoms with Crippen molar-refractivity contribution in [3.63, 3.8) is 0 Å². The molecule has 150 valence electrons. The maximum atomic E-state index is 12.5. The standard InChI is InChI=1S/C23H24N2O4/c1-28-19-7-8-20-17(13-22(26)29-21(20)14-19)15-25-11-9-16(10-12-25)23(27)24-18-5-3-2-4-6-18/h2-8,13-14,16H,9-12,15H2,1H3,(H,24,27). The van der Waals surface area contributed by atoms with Gasteiger partial charge in [0.15, 0.2) is 0 Å². The van der Waals surface area contributed by atoms with E-state index in [0.29, 0.717) is 17.9 Å². The molecule has 2 aromatic carbocycles. The third-order valence-electron chi connectivity index (χ3n) is 5.43. The number of piperidine rings is 1. The van der Waals surface area contributed by atoms with Crippen LogP contribution in [0.2, 0.25) is 0 Å². The summed E-state index contributed by atoms with van der Waals surface area (Å²) < 4.78 is 10.6. The highest BCUT2D eigenvalue weighted by Crippen LogP contribution is 2.25. The quantitative estimate of drug-likeness (QED) is 0.671. The Morgan fingerprint density at radius 1 is 1.14 bits per heavy atom. The lowest BCUT2D eigenvalue weighted by molar-refractivity contribution is -0.121. The van der Waals surface area contributed by atoms with Crippen LogP contribution in [0.5, 0.6) is 5.75 Å². The molecule has 29 heavy (non-hydrogen) atoms. The fourth-order valence-electron chi connectivity index (χ4n) is 3.83. The van der Waals surface area contributed by atoms with Gasteiger partial charge in [0.1, 0.15) is 11.3 Å². The molecule has 1 aromatic heterocycles. The molecule has 1 amide bonds. The molecule has 3 aromatic rings. The second-order valence-corrected chi connectivity index (χ2v) is 7.36. The van der Waals surface area contributed by atoms with Gasteiger partial charge >= 0.3 is 5.63 Å². The number of anilines is 1. The molecule has 0 spiro atoms. The summed E-state index contributed by atoms with van der Waals surface area (Å²) in [4.78, 5) is 26.8. The normalized spacial score (nSPS) is 15.3. The van der Waals surface area contributed by atoms with E-state index >= 15 is 0 Å². The molecule has 1 N–H and O–H groups in total. The summed E-state index contributed by atoms with van der Waals surface area (Å²) in [6.45, 7) is 2.27. The van der Waals surface area contributed by atoms with E-state index in [0.717, 1.165) is 42.6 Å². The number of fused-ring (bicyclic) bond motifs is 1. The molecule has 0 bridgehead atoms. The number of carbonyl (C=O) groups is 1. The van der Waals surface area contributed by atoms with E-state index in [4.69, 9.17) is 9.15 Å². The molecule has 0 saturated carbocycles. The number of para-hydroxylation sites is 1. The lowest BCUT2D eigenvalue weighted by Crippen LogP contribution is -2.37. The molecule has 4 rings (SSSR count). The smallest absolute Gasteiger partial charge is 0.336 e. The summed E-state index contributed by atoms with van der Waals surface area (Å²) in [6.07, 6.45) is 1.59. The summed E-state index contributed by atoms with van der Waals surface area (Å²) in [5.41, 5.74) is 1.94. The average Bonchev–Trinajstić information content (AvgIpc) is 2.74. The number of hydrogen-bond acceptors (Lipinski definition) is 5. The van der Waals surface area contributed by atoms with Gasteiger partial charge in [-0.05, 0) is 55.8 Å². The minimum Gasteiger partial charge on any atom is -0.497 e. The van der Waals surface area contributed by atoms with Crippen molar-refractivity contribution in [2.75, 3.05) is 25.5 Å². The number of likely N-dealkylation sites (tertiary alicyclic amines) is 1. The SMILES string of the molecule is COc1ccc2c(CN3CCC(C(=O)Nc4ccccc4)CC3)cc(=O)oc2c1. The number of rotatable bonds is 5. The molecule has 0 unspecified atom stereocenters. The Balaban J connectivity index is 1.41. The molecular weight excluding hydrogens is 368 g/mol. The van der Waals surface area contributed by atoms with Crippen molar-refractivity contribution in [2.45, 2.75) is 19.4 Å². The van der Waals surface area contributed by atoms with Crippen LogP contribution in [-0.4, -0.2) is 31.0 Å². The van der Waals surface area contributed by atoms with Gasteiger partial charge < -0.3 is 14.5 Å². The van der Waals surface area contributed by atoms with Gasteiger partial charge in [-0.2, -0.15) is 0 Å². The summed E-state index contributed by atoms with van der Waals surface area (Å²) in [7, 11) is 1.58. The molecule has 1 aliphatic heterocycles. The zero-order valence-corrected chi connectivity index (χ0v) is 16.4. The van der Waals surface area contributed by atoms with Crippen LogP contribution in [0.25, 0.3) is 11.0 Å². The molecule has 6 heteroatoms. The van der Waals surface area contributed by atoms with Crippen LogP contribution in [0, 0.1) is 5.92 Å². The first kappa shape index (κ1) is 19.2. The van der Waals surface area contributed by atoms with Crippen LogP contribution in [0.4, 0.5) is 5.69 Å². The van der Waals surface area contributed by atoms with Crippen LogP contribution in [0.15, 0.2) is 63.8 Å². The van der Waals surface area contributed by atoms with Crippen molar-refractivity contribution >= 4 is 22.6 Å². The number of carbonyl (C=O) groups excluding carboxylic acids is 1. The van der Waals surface area contributed by atoms with E-state index in [1.54, 1.807) is 19.2 Å². The predicted octanol–water partition coefficient (Wildman–Crippen LogP) is 3.65. The molecule has 0 aliphatic carbocycles. The molecule has 1 aliphatic rings. The fraction of sp³-hybridized carbons (Fsp3) is 0.304. The Labute approximate surface area is 169 Å². The first-order chi connectivity index (χ1) is 14.1. The Morgan fingerprint density at radius 3 is 2.62 bits per heavy atom. The molecule has 0 radical (unpaired) electrons. The second-order valence-electron chi connectivity index (χ2n) is 7.36. The largest absolute Gasteiger partial charge is 0.497 e. The zero-order chi connectivity index (χ0) is 20.2. The highest BCUT2D eigenvalue weighted by Gasteiger charge is 2.25. The lowest BCUT2D eigenvalue weighted by Gasteiger charge is -2.31. The number of hydrogen-bond donors (Lipinski definition) is 1. The minimum atomic E-state index is -0.363. The topological polar surface area (TPSA) is 71.8 Å². The van der Waals surface area contributed by atoms with Crippen LogP contribution < -0.4 is 15.7 Å². The van der Waals surface area contributed by atoms with E-state index < -0.39 is 0 Å². The number of amides is 1. The van der Waals surface area contributed by atoms with E-state index in [2.05, 4.69) is 10.2 Å². The molecule has 6 nitrogen and oxygen atoms in total. The van der Waals surface area contributed by atoms with Gasteiger partial charge in [-0.25, -0.2) is 4.79 Å². The third kappa shape index (κ3) is 4.49. The van der Waals surface area contributed by atoms with Crippen molar-refractivity contribution in [2.24, 2.45) is 5.92 Å². The predicted molar refractivity (Wildman–Crippen MR) is 112 cm³/mol. The first-order valence-electron chi connectivity index (χ1n) is 9.81. The van der Waals surface area contributed by atoms with Gasteiger partial charge in [0.05, 0.1) is 7.11 Å². The highest BCUT2D eigenvalue weighted by atomic mass is 16.5. The van der Waals surface area contributed by atoms with Gasteiger partial charge in [0, 0.05) is 35.7 Å². The minimum absolute atomic E-state index is 0.00769. The van der Waals surface area contributed by atoms with E-state index in [1.807, 2.05) is 42.5 Å². The Bertz CT molecular complexity index is 1050. The molecule has 1 saturated heterocycles. The van der Waals surface area contributed by atoms with E-state index in [9.17, 15) is 9.59 Å². The van der Waals surface area contributed by atoms with Gasteiger partial charge in [-0.1, -0.05) is 18.2 Å². The Kier molecular flexibility index (Phi) is 5.62. The summed E-state index contributed by atoms with van der Waals surface area (Å²) in [5.74, 6) is 0.741. The van der Waals surface area contributed by atoms with Crippen LogP contribution in [-0.2, 0) is 11.3 Å². The van der Waals surface area contributed by atoms with Crippen molar-refractivity contribution < 1.29 is 13.9 Å². The number of nitrogens with one attached hydrogen (secondary N) is 1. The highest BCUT2D eigenvalue weighted by molar-refractivity contribution is 5.92. The molecule has 2 heterocycles. The number of methoxy groups -OCH3 is 1. The summed E-state index contributed by atoms with van der Waals surface area (Å²) in [6, 6.07) is 16.6. The van der Waals surface area contributed by atoms with Crippen LogP contribution >= 0.6 is 0 Å². The Morgan fingerprint density at radius 2 is 1.90 bits per heavy atom. The van der Waals surface area contributed by atoms with Crippen molar-refractivity contribution in [1.82, 2.24) is 4.90 Å². The third-order valence-corrected chi connectivity index (χ3v) is 5.43. The van der Waals surface area contributed by atoms with E-state index in [-0.39, 0.29) is 17.5 Å². The first-order valence-corrected chi connectivity index (χ1v) is 9.81. The van der Waals surface area contributed by atoms with Crippen LogP contribution in [0.3, 0.4) is 0 Å². The van der Waals surface area contributed by atoms with Gasteiger partial charge in [-0.3, -0.25) is 9.69 Å².